The highest BCUT2D eigenvalue weighted by atomic mass is 16.2. The largest absolute Gasteiger partial charge is 0.345 e. The SMILES string of the molecule is CC(C)c1ccc(NC(=O)C(=O)NC2CC2)cc1. The molecule has 0 radical (unpaired) electrons. The van der Waals surface area contributed by atoms with E-state index in [4.69, 9.17) is 0 Å². The van der Waals surface area contributed by atoms with Crippen molar-refractivity contribution in [2.24, 2.45) is 0 Å². The molecule has 1 aliphatic rings. The van der Waals surface area contributed by atoms with Gasteiger partial charge in [-0.15, -0.1) is 0 Å². The Balaban J connectivity index is 1.91. The Hall–Kier alpha value is -1.84. The van der Waals surface area contributed by atoms with Crippen molar-refractivity contribution in [1.29, 1.82) is 0 Å². The number of carbonyl (C=O) groups excluding carboxylic acids is 2. The second-order valence-electron chi connectivity index (χ2n) is 4.98. The van der Waals surface area contributed by atoms with E-state index in [-0.39, 0.29) is 6.04 Å². The molecule has 0 atom stereocenters. The second kappa shape index (κ2) is 5.21. The molecule has 4 nitrogen and oxygen atoms in total. The van der Waals surface area contributed by atoms with E-state index in [1.807, 2.05) is 24.3 Å². The standard InChI is InChI=1S/C14H18N2O2/c1-9(2)10-3-5-11(6-4-10)15-13(17)14(18)16-12-7-8-12/h3-6,9,12H,7-8H2,1-2H3,(H,15,17)(H,16,18). The van der Waals surface area contributed by atoms with Crippen LogP contribution in [-0.4, -0.2) is 17.9 Å². The van der Waals surface area contributed by atoms with Crippen LogP contribution in [0.4, 0.5) is 5.69 Å². The summed E-state index contributed by atoms with van der Waals surface area (Å²) < 4.78 is 0. The Kier molecular flexibility index (Phi) is 3.65. The zero-order chi connectivity index (χ0) is 13.1. The minimum Gasteiger partial charge on any atom is -0.345 e. The van der Waals surface area contributed by atoms with Gasteiger partial charge in [-0.2, -0.15) is 0 Å². The Morgan fingerprint density at radius 2 is 1.72 bits per heavy atom. The topological polar surface area (TPSA) is 58.2 Å². The molecule has 1 fully saturated rings. The van der Waals surface area contributed by atoms with Crippen molar-refractivity contribution in [3.8, 4) is 0 Å². The molecule has 0 bridgehead atoms. The van der Waals surface area contributed by atoms with Crippen LogP contribution in [0, 0.1) is 0 Å². The van der Waals surface area contributed by atoms with E-state index < -0.39 is 11.8 Å². The van der Waals surface area contributed by atoms with Gasteiger partial charge in [-0.05, 0) is 36.5 Å². The van der Waals surface area contributed by atoms with Crippen LogP contribution < -0.4 is 10.6 Å². The number of benzene rings is 1. The summed E-state index contributed by atoms with van der Waals surface area (Å²) in [5.41, 5.74) is 1.85. The minimum absolute atomic E-state index is 0.201. The molecule has 96 valence electrons. The third-order valence-corrected chi connectivity index (χ3v) is 2.95. The van der Waals surface area contributed by atoms with Crippen molar-refractivity contribution in [3.05, 3.63) is 29.8 Å². The quantitative estimate of drug-likeness (QED) is 0.802. The molecule has 0 unspecified atom stereocenters. The van der Waals surface area contributed by atoms with Gasteiger partial charge in [0.25, 0.3) is 0 Å². The van der Waals surface area contributed by atoms with E-state index in [1.54, 1.807) is 0 Å². The van der Waals surface area contributed by atoms with Crippen LogP contribution in [0.1, 0.15) is 38.2 Å². The molecular weight excluding hydrogens is 228 g/mol. The molecule has 1 aliphatic carbocycles. The van der Waals surface area contributed by atoms with Gasteiger partial charge in [0, 0.05) is 11.7 Å². The first-order valence-electron chi connectivity index (χ1n) is 6.28. The Labute approximate surface area is 107 Å². The number of amides is 2. The van der Waals surface area contributed by atoms with Crippen LogP contribution in [0.5, 0.6) is 0 Å². The Bertz CT molecular complexity index is 447. The van der Waals surface area contributed by atoms with Crippen molar-refractivity contribution in [2.45, 2.75) is 38.6 Å². The molecule has 1 saturated carbocycles. The molecule has 0 heterocycles. The highest BCUT2D eigenvalue weighted by Gasteiger charge is 2.26. The molecule has 0 aliphatic heterocycles. The summed E-state index contributed by atoms with van der Waals surface area (Å²) in [7, 11) is 0. The monoisotopic (exact) mass is 246 g/mol. The number of hydrogen-bond acceptors (Lipinski definition) is 2. The lowest BCUT2D eigenvalue weighted by atomic mass is 10.0. The van der Waals surface area contributed by atoms with E-state index in [0.717, 1.165) is 12.8 Å². The predicted molar refractivity (Wildman–Crippen MR) is 70.3 cm³/mol. The maximum atomic E-state index is 11.6. The molecule has 4 heteroatoms. The zero-order valence-corrected chi connectivity index (χ0v) is 10.7. The third kappa shape index (κ3) is 3.32. The number of rotatable bonds is 3. The molecule has 1 aromatic rings. The van der Waals surface area contributed by atoms with Crippen LogP contribution in [0.2, 0.25) is 0 Å². The molecule has 1 aromatic carbocycles. The average molecular weight is 246 g/mol. The van der Waals surface area contributed by atoms with Gasteiger partial charge in [-0.3, -0.25) is 9.59 Å². The van der Waals surface area contributed by atoms with Crippen molar-refractivity contribution in [2.75, 3.05) is 5.32 Å². The van der Waals surface area contributed by atoms with E-state index in [1.165, 1.54) is 5.56 Å². The normalized spacial score (nSPS) is 14.4. The van der Waals surface area contributed by atoms with E-state index in [2.05, 4.69) is 24.5 Å². The van der Waals surface area contributed by atoms with Crippen molar-refractivity contribution in [1.82, 2.24) is 5.32 Å². The first-order chi connectivity index (χ1) is 8.56. The summed E-state index contributed by atoms with van der Waals surface area (Å²) in [6.45, 7) is 4.22. The van der Waals surface area contributed by atoms with Gasteiger partial charge in [-0.1, -0.05) is 26.0 Å². The first kappa shape index (κ1) is 12.6. The molecule has 2 N–H and O–H groups in total. The minimum atomic E-state index is -0.598. The number of nitrogens with one attached hydrogen (secondary N) is 2. The second-order valence-corrected chi connectivity index (χ2v) is 4.98. The average Bonchev–Trinajstić information content (AvgIpc) is 3.13. The number of carbonyl (C=O) groups is 2. The van der Waals surface area contributed by atoms with E-state index in [9.17, 15) is 9.59 Å². The van der Waals surface area contributed by atoms with Crippen LogP contribution in [0.15, 0.2) is 24.3 Å². The summed E-state index contributed by atoms with van der Waals surface area (Å²) in [6, 6.07) is 7.75. The molecule has 0 saturated heterocycles. The summed E-state index contributed by atoms with van der Waals surface area (Å²) in [5, 5.41) is 5.24. The highest BCUT2D eigenvalue weighted by molar-refractivity contribution is 6.39. The van der Waals surface area contributed by atoms with Gasteiger partial charge in [0.15, 0.2) is 0 Å². The third-order valence-electron chi connectivity index (χ3n) is 2.95. The van der Waals surface area contributed by atoms with Crippen LogP contribution in [0.25, 0.3) is 0 Å². The molecule has 2 rings (SSSR count). The maximum absolute atomic E-state index is 11.6. The van der Waals surface area contributed by atoms with Crippen LogP contribution in [-0.2, 0) is 9.59 Å². The summed E-state index contributed by atoms with van der Waals surface area (Å²) >= 11 is 0. The Morgan fingerprint density at radius 3 is 2.22 bits per heavy atom. The van der Waals surface area contributed by atoms with Gasteiger partial charge in [0.2, 0.25) is 0 Å². The molecule has 0 spiro atoms. The number of anilines is 1. The van der Waals surface area contributed by atoms with E-state index >= 15 is 0 Å². The van der Waals surface area contributed by atoms with Crippen LogP contribution in [0.3, 0.4) is 0 Å². The van der Waals surface area contributed by atoms with Gasteiger partial charge in [-0.25, -0.2) is 0 Å². The molecule has 18 heavy (non-hydrogen) atoms. The van der Waals surface area contributed by atoms with Crippen molar-refractivity contribution >= 4 is 17.5 Å². The van der Waals surface area contributed by atoms with Crippen molar-refractivity contribution in [3.63, 3.8) is 0 Å². The Morgan fingerprint density at radius 1 is 1.11 bits per heavy atom. The smallest absolute Gasteiger partial charge is 0.313 e. The highest BCUT2D eigenvalue weighted by Crippen LogP contribution is 2.19. The fraction of sp³-hybridized carbons (Fsp3) is 0.429. The fourth-order valence-corrected chi connectivity index (χ4v) is 1.62. The molecule has 2 amide bonds. The van der Waals surface area contributed by atoms with Gasteiger partial charge in [0.05, 0.1) is 0 Å². The predicted octanol–water partition coefficient (Wildman–Crippen LogP) is 2.03. The summed E-state index contributed by atoms with van der Waals surface area (Å²) in [6.07, 6.45) is 1.95. The van der Waals surface area contributed by atoms with Gasteiger partial charge >= 0.3 is 11.8 Å². The maximum Gasteiger partial charge on any atom is 0.313 e. The van der Waals surface area contributed by atoms with Crippen molar-refractivity contribution < 1.29 is 9.59 Å². The number of hydrogen-bond donors (Lipinski definition) is 2. The van der Waals surface area contributed by atoms with E-state index in [0.29, 0.717) is 11.6 Å². The van der Waals surface area contributed by atoms with Gasteiger partial charge in [0.1, 0.15) is 0 Å². The summed E-state index contributed by atoms with van der Waals surface area (Å²) in [4.78, 5) is 23.0. The lowest BCUT2D eigenvalue weighted by Crippen LogP contribution is -2.36. The molecular formula is C14H18N2O2. The fourth-order valence-electron chi connectivity index (χ4n) is 1.62. The lowest BCUT2D eigenvalue weighted by Gasteiger charge is -2.08. The summed E-state index contributed by atoms with van der Waals surface area (Å²) in [5.74, 6) is -0.697. The van der Waals surface area contributed by atoms with Gasteiger partial charge < -0.3 is 10.6 Å². The molecule has 0 aromatic heterocycles. The first-order valence-corrected chi connectivity index (χ1v) is 6.28. The lowest BCUT2D eigenvalue weighted by molar-refractivity contribution is -0.136. The van der Waals surface area contributed by atoms with Crippen LogP contribution >= 0.6 is 0 Å². The zero-order valence-electron chi connectivity index (χ0n) is 10.7.